The van der Waals surface area contributed by atoms with Crippen LogP contribution in [0.1, 0.15) is 24.0 Å². The van der Waals surface area contributed by atoms with Crippen molar-refractivity contribution in [1.29, 1.82) is 0 Å². The third kappa shape index (κ3) is 5.84. The van der Waals surface area contributed by atoms with Crippen LogP contribution in [0.25, 0.3) is 0 Å². The molecule has 1 aliphatic heterocycles. The van der Waals surface area contributed by atoms with E-state index in [4.69, 9.17) is 0 Å². The fraction of sp³-hybridized carbons (Fsp3) is 0.375. The maximum atomic E-state index is 12.9. The van der Waals surface area contributed by atoms with Crippen LogP contribution in [0.2, 0.25) is 0 Å². The molecule has 7 heteroatoms. The van der Waals surface area contributed by atoms with Crippen LogP contribution >= 0.6 is 0 Å². The minimum Gasteiger partial charge on any atom is -0.336 e. The molecular weight excluding hydrogens is 392 g/mol. The molecule has 0 aromatic heterocycles. The van der Waals surface area contributed by atoms with E-state index in [0.29, 0.717) is 19.5 Å². The summed E-state index contributed by atoms with van der Waals surface area (Å²) in [6, 6.07) is 14.9. The molecule has 1 atom stereocenters. The van der Waals surface area contributed by atoms with E-state index >= 15 is 0 Å². The summed E-state index contributed by atoms with van der Waals surface area (Å²) in [5, 5.41) is 5.78. The average molecular weight is 423 g/mol. The number of para-hydroxylation sites is 2. The molecule has 0 spiro atoms. The fourth-order valence-electron chi connectivity index (χ4n) is 3.88. The van der Waals surface area contributed by atoms with Crippen molar-refractivity contribution >= 4 is 29.2 Å². The van der Waals surface area contributed by atoms with E-state index in [0.717, 1.165) is 28.9 Å². The summed E-state index contributed by atoms with van der Waals surface area (Å²) in [5.41, 5.74) is 3.47. The summed E-state index contributed by atoms with van der Waals surface area (Å²) >= 11 is 0. The maximum absolute atomic E-state index is 12.9. The highest BCUT2D eigenvalue weighted by atomic mass is 16.2. The molecule has 0 aliphatic carbocycles. The Hall–Kier alpha value is -3.35. The Balaban J connectivity index is 1.55. The van der Waals surface area contributed by atoms with E-state index in [9.17, 15) is 14.4 Å². The number of anilines is 2. The average Bonchev–Trinajstić information content (AvgIpc) is 2.76. The summed E-state index contributed by atoms with van der Waals surface area (Å²) < 4.78 is 0. The van der Waals surface area contributed by atoms with Crippen LogP contribution < -0.4 is 10.6 Å². The molecule has 1 fully saturated rings. The lowest BCUT2D eigenvalue weighted by Crippen LogP contribution is -2.48. The van der Waals surface area contributed by atoms with Crippen LogP contribution in [0.4, 0.5) is 16.2 Å². The van der Waals surface area contributed by atoms with Gasteiger partial charge in [0.1, 0.15) is 0 Å². The molecule has 1 heterocycles. The number of piperidine rings is 1. The van der Waals surface area contributed by atoms with Gasteiger partial charge in [-0.25, -0.2) is 4.79 Å². The van der Waals surface area contributed by atoms with E-state index in [2.05, 4.69) is 10.6 Å². The minimum absolute atomic E-state index is 0.0285. The molecule has 0 unspecified atom stereocenters. The first kappa shape index (κ1) is 22.3. The zero-order chi connectivity index (χ0) is 22.4. The van der Waals surface area contributed by atoms with Crippen molar-refractivity contribution in [3.63, 3.8) is 0 Å². The molecule has 2 aromatic rings. The number of hydrogen-bond acceptors (Lipinski definition) is 3. The van der Waals surface area contributed by atoms with Gasteiger partial charge in [0.2, 0.25) is 11.8 Å². The van der Waals surface area contributed by atoms with Crippen molar-refractivity contribution in [3.05, 3.63) is 59.7 Å². The maximum Gasteiger partial charge on any atom is 0.321 e. The third-order valence-electron chi connectivity index (χ3n) is 5.59. The van der Waals surface area contributed by atoms with E-state index in [1.54, 1.807) is 11.9 Å². The Bertz CT molecular complexity index is 925. The van der Waals surface area contributed by atoms with Crippen molar-refractivity contribution in [1.82, 2.24) is 9.80 Å². The zero-order valence-corrected chi connectivity index (χ0v) is 18.4. The van der Waals surface area contributed by atoms with Crippen molar-refractivity contribution < 1.29 is 14.4 Å². The summed E-state index contributed by atoms with van der Waals surface area (Å²) in [5.74, 6) is -0.662. The van der Waals surface area contributed by atoms with Gasteiger partial charge in [0.05, 0.1) is 12.5 Å². The Morgan fingerprint density at radius 1 is 1.00 bits per heavy atom. The monoisotopic (exact) mass is 422 g/mol. The molecule has 164 valence electrons. The lowest BCUT2D eigenvalue weighted by atomic mass is 9.97. The van der Waals surface area contributed by atoms with Gasteiger partial charge >= 0.3 is 6.03 Å². The molecule has 2 N–H and O–H groups in total. The van der Waals surface area contributed by atoms with Gasteiger partial charge in [-0.15, -0.1) is 0 Å². The second-order valence-electron chi connectivity index (χ2n) is 8.09. The van der Waals surface area contributed by atoms with Gasteiger partial charge in [0.25, 0.3) is 0 Å². The number of rotatable bonds is 5. The van der Waals surface area contributed by atoms with Gasteiger partial charge in [0, 0.05) is 31.5 Å². The van der Waals surface area contributed by atoms with E-state index in [-0.39, 0.29) is 30.3 Å². The molecule has 0 saturated carbocycles. The molecule has 2 aromatic carbocycles. The molecule has 1 aliphatic rings. The zero-order valence-electron chi connectivity index (χ0n) is 18.4. The van der Waals surface area contributed by atoms with Gasteiger partial charge in [-0.3, -0.25) is 9.59 Å². The van der Waals surface area contributed by atoms with E-state index < -0.39 is 0 Å². The number of likely N-dealkylation sites (N-methyl/N-ethyl adjacent to an activating group) is 1. The number of urea groups is 1. The third-order valence-corrected chi connectivity index (χ3v) is 5.59. The number of likely N-dealkylation sites (tertiary alicyclic amines) is 1. The molecule has 7 nitrogen and oxygen atoms in total. The normalized spacial score (nSPS) is 15.8. The van der Waals surface area contributed by atoms with Crippen LogP contribution in [0.5, 0.6) is 0 Å². The van der Waals surface area contributed by atoms with Crippen molar-refractivity contribution in [2.75, 3.05) is 37.3 Å². The molecule has 3 rings (SSSR count). The highest BCUT2D eigenvalue weighted by Gasteiger charge is 2.30. The Labute approximate surface area is 183 Å². The number of amides is 4. The number of nitrogens with one attached hydrogen (secondary N) is 2. The van der Waals surface area contributed by atoms with Gasteiger partial charge in [-0.1, -0.05) is 36.4 Å². The van der Waals surface area contributed by atoms with Crippen LogP contribution in [0.15, 0.2) is 48.5 Å². The highest BCUT2D eigenvalue weighted by molar-refractivity contribution is 5.96. The van der Waals surface area contributed by atoms with E-state index in [1.807, 2.05) is 62.4 Å². The van der Waals surface area contributed by atoms with Gasteiger partial charge in [0.15, 0.2) is 0 Å². The molecule has 1 saturated heterocycles. The van der Waals surface area contributed by atoms with Gasteiger partial charge in [-0.2, -0.15) is 0 Å². The standard InChI is InChI=1S/C24H30N4O3/c1-17-9-7-10-18(2)22(17)26-21(29)16-27(3)23(30)19-11-8-14-28(15-19)24(31)25-20-12-5-4-6-13-20/h4-7,9-10,12-13,19H,8,11,14-16H2,1-3H3,(H,25,31)(H,26,29)/t19-/m1/s1. The summed E-state index contributed by atoms with van der Waals surface area (Å²) in [7, 11) is 1.63. The predicted octanol–water partition coefficient (Wildman–Crippen LogP) is 3.64. The second kappa shape index (κ2) is 10.1. The van der Waals surface area contributed by atoms with Crippen LogP contribution in [0.3, 0.4) is 0 Å². The summed E-state index contributed by atoms with van der Waals surface area (Å²) in [6.45, 7) is 4.81. The van der Waals surface area contributed by atoms with E-state index in [1.165, 1.54) is 4.90 Å². The van der Waals surface area contributed by atoms with Crippen molar-refractivity contribution in [2.45, 2.75) is 26.7 Å². The number of aryl methyl sites for hydroxylation is 2. The van der Waals surface area contributed by atoms with Crippen molar-refractivity contribution in [2.24, 2.45) is 5.92 Å². The fourth-order valence-corrected chi connectivity index (χ4v) is 3.88. The quantitative estimate of drug-likeness (QED) is 0.772. The SMILES string of the molecule is Cc1cccc(C)c1NC(=O)CN(C)C(=O)[C@@H]1CCCN(C(=O)Nc2ccccc2)C1. The minimum atomic E-state index is -0.312. The first-order valence-electron chi connectivity index (χ1n) is 10.6. The topological polar surface area (TPSA) is 81.8 Å². The Kier molecular flexibility index (Phi) is 7.28. The summed E-state index contributed by atoms with van der Waals surface area (Å²) in [4.78, 5) is 41.1. The number of benzene rings is 2. The first-order valence-corrected chi connectivity index (χ1v) is 10.6. The first-order chi connectivity index (χ1) is 14.8. The van der Waals surface area contributed by atoms with Crippen LogP contribution in [0, 0.1) is 19.8 Å². The number of carbonyl (C=O) groups excluding carboxylic acids is 3. The smallest absolute Gasteiger partial charge is 0.321 e. The highest BCUT2D eigenvalue weighted by Crippen LogP contribution is 2.21. The molecule has 4 amide bonds. The lowest BCUT2D eigenvalue weighted by molar-refractivity contribution is -0.138. The van der Waals surface area contributed by atoms with Gasteiger partial charge in [-0.05, 0) is 49.9 Å². The largest absolute Gasteiger partial charge is 0.336 e. The lowest BCUT2D eigenvalue weighted by Gasteiger charge is -2.33. The predicted molar refractivity (Wildman–Crippen MR) is 122 cm³/mol. The molecule has 0 bridgehead atoms. The number of nitrogens with zero attached hydrogens (tertiary/aromatic N) is 2. The molecule has 31 heavy (non-hydrogen) atoms. The Morgan fingerprint density at radius 2 is 1.68 bits per heavy atom. The molecular formula is C24H30N4O3. The van der Waals surface area contributed by atoms with Crippen LogP contribution in [-0.2, 0) is 9.59 Å². The van der Waals surface area contributed by atoms with Gasteiger partial charge < -0.3 is 20.4 Å². The second-order valence-corrected chi connectivity index (χ2v) is 8.09. The van der Waals surface area contributed by atoms with Crippen molar-refractivity contribution in [3.8, 4) is 0 Å². The summed E-state index contributed by atoms with van der Waals surface area (Å²) in [6.07, 6.45) is 1.46. The number of hydrogen-bond donors (Lipinski definition) is 2. The molecule has 0 radical (unpaired) electrons. The Morgan fingerprint density at radius 3 is 2.35 bits per heavy atom. The van der Waals surface area contributed by atoms with Crippen LogP contribution in [-0.4, -0.2) is 54.3 Å². The number of carbonyl (C=O) groups is 3.